The van der Waals surface area contributed by atoms with Gasteiger partial charge in [0.1, 0.15) is 5.82 Å². The van der Waals surface area contributed by atoms with Gasteiger partial charge in [-0.1, -0.05) is 11.6 Å². The van der Waals surface area contributed by atoms with Gasteiger partial charge < -0.3 is 5.32 Å². The SMILES string of the molecule is Cc1cc(C(=O)Nc2ccc(F)c(Cl)c2)c2c(C)nn(C)c2n1. The summed E-state index contributed by atoms with van der Waals surface area (Å²) < 4.78 is 14.9. The predicted molar refractivity (Wildman–Crippen MR) is 87.3 cm³/mol. The number of hydrogen-bond donors (Lipinski definition) is 1. The number of anilines is 1. The van der Waals surface area contributed by atoms with Crippen molar-refractivity contribution in [2.75, 3.05) is 5.32 Å². The predicted octanol–water partition coefficient (Wildman–Crippen LogP) is 3.63. The Bertz CT molecular complexity index is 935. The third-order valence-electron chi connectivity index (χ3n) is 3.52. The molecule has 1 N–H and O–H groups in total. The van der Waals surface area contributed by atoms with E-state index in [0.29, 0.717) is 28.0 Å². The van der Waals surface area contributed by atoms with E-state index in [1.807, 2.05) is 13.8 Å². The maximum atomic E-state index is 13.2. The van der Waals surface area contributed by atoms with Gasteiger partial charge in [-0.3, -0.25) is 9.48 Å². The largest absolute Gasteiger partial charge is 0.322 e. The third kappa shape index (κ3) is 2.77. The summed E-state index contributed by atoms with van der Waals surface area (Å²) >= 11 is 5.74. The molecule has 23 heavy (non-hydrogen) atoms. The zero-order valence-corrected chi connectivity index (χ0v) is 13.6. The van der Waals surface area contributed by atoms with Crippen molar-refractivity contribution in [3.63, 3.8) is 0 Å². The Balaban J connectivity index is 2.05. The van der Waals surface area contributed by atoms with Gasteiger partial charge in [0.25, 0.3) is 5.91 Å². The van der Waals surface area contributed by atoms with Crippen LogP contribution < -0.4 is 5.32 Å². The first-order valence-corrected chi connectivity index (χ1v) is 7.32. The van der Waals surface area contributed by atoms with Crippen LogP contribution in [0.1, 0.15) is 21.7 Å². The van der Waals surface area contributed by atoms with E-state index >= 15 is 0 Å². The van der Waals surface area contributed by atoms with Crippen LogP contribution in [0.3, 0.4) is 0 Å². The highest BCUT2D eigenvalue weighted by atomic mass is 35.5. The minimum atomic E-state index is -0.532. The van der Waals surface area contributed by atoms with Crippen LogP contribution in [-0.2, 0) is 7.05 Å². The molecule has 0 aliphatic heterocycles. The molecule has 0 aliphatic rings. The molecule has 5 nitrogen and oxygen atoms in total. The van der Waals surface area contributed by atoms with Crippen molar-refractivity contribution in [1.29, 1.82) is 0 Å². The van der Waals surface area contributed by atoms with E-state index in [1.54, 1.807) is 17.8 Å². The average Bonchev–Trinajstić information content (AvgIpc) is 2.77. The molecule has 1 aromatic carbocycles. The lowest BCUT2D eigenvalue weighted by atomic mass is 10.1. The van der Waals surface area contributed by atoms with Crippen molar-refractivity contribution in [3.8, 4) is 0 Å². The van der Waals surface area contributed by atoms with Crippen molar-refractivity contribution in [2.45, 2.75) is 13.8 Å². The molecule has 3 rings (SSSR count). The van der Waals surface area contributed by atoms with Gasteiger partial charge in [-0.25, -0.2) is 9.37 Å². The topological polar surface area (TPSA) is 59.8 Å². The zero-order chi connectivity index (χ0) is 16.7. The van der Waals surface area contributed by atoms with Crippen LogP contribution in [0.25, 0.3) is 11.0 Å². The first-order valence-electron chi connectivity index (χ1n) is 6.94. The van der Waals surface area contributed by atoms with Crippen LogP contribution in [0, 0.1) is 19.7 Å². The summed E-state index contributed by atoms with van der Waals surface area (Å²) in [6.07, 6.45) is 0. The van der Waals surface area contributed by atoms with E-state index in [1.165, 1.54) is 18.2 Å². The summed E-state index contributed by atoms with van der Waals surface area (Å²) in [5.41, 5.74) is 2.97. The second-order valence-corrected chi connectivity index (χ2v) is 5.71. The van der Waals surface area contributed by atoms with Gasteiger partial charge >= 0.3 is 0 Å². The highest BCUT2D eigenvalue weighted by molar-refractivity contribution is 6.31. The number of nitrogens with one attached hydrogen (secondary N) is 1. The van der Waals surface area contributed by atoms with E-state index in [9.17, 15) is 9.18 Å². The van der Waals surface area contributed by atoms with Gasteiger partial charge in [0.15, 0.2) is 5.65 Å². The van der Waals surface area contributed by atoms with E-state index in [4.69, 9.17) is 11.6 Å². The van der Waals surface area contributed by atoms with Crippen molar-refractivity contribution >= 4 is 34.2 Å². The second kappa shape index (κ2) is 5.62. The van der Waals surface area contributed by atoms with Crippen molar-refractivity contribution in [2.24, 2.45) is 7.05 Å². The maximum Gasteiger partial charge on any atom is 0.256 e. The fraction of sp³-hybridized carbons (Fsp3) is 0.188. The number of fused-ring (bicyclic) bond motifs is 1. The highest BCUT2D eigenvalue weighted by Gasteiger charge is 2.18. The Morgan fingerprint density at radius 2 is 2.04 bits per heavy atom. The van der Waals surface area contributed by atoms with Gasteiger partial charge in [0.05, 0.1) is 21.7 Å². The normalized spacial score (nSPS) is 11.0. The number of aryl methyl sites for hydroxylation is 3. The Kier molecular flexibility index (Phi) is 3.77. The van der Waals surface area contributed by atoms with E-state index in [0.717, 1.165) is 5.69 Å². The highest BCUT2D eigenvalue weighted by Crippen LogP contribution is 2.24. The lowest BCUT2D eigenvalue weighted by Gasteiger charge is -2.08. The smallest absolute Gasteiger partial charge is 0.256 e. The third-order valence-corrected chi connectivity index (χ3v) is 3.81. The fourth-order valence-corrected chi connectivity index (χ4v) is 2.70. The van der Waals surface area contributed by atoms with Crippen molar-refractivity contribution < 1.29 is 9.18 Å². The lowest BCUT2D eigenvalue weighted by Crippen LogP contribution is -2.13. The molecule has 0 atom stereocenters. The minimum absolute atomic E-state index is 0.0450. The van der Waals surface area contributed by atoms with Gasteiger partial charge in [0, 0.05) is 18.4 Å². The van der Waals surface area contributed by atoms with Gasteiger partial charge in [-0.15, -0.1) is 0 Å². The summed E-state index contributed by atoms with van der Waals surface area (Å²) in [6, 6.07) is 5.74. The number of carbonyl (C=O) groups excluding carboxylic acids is 1. The van der Waals surface area contributed by atoms with Crippen molar-refractivity contribution in [3.05, 3.63) is 52.1 Å². The van der Waals surface area contributed by atoms with Gasteiger partial charge in [-0.05, 0) is 38.1 Å². The maximum absolute atomic E-state index is 13.2. The standard InChI is InChI=1S/C16H14ClFN4O/c1-8-6-11(14-9(2)21-22(3)15(14)19-8)16(23)20-10-4-5-13(18)12(17)7-10/h4-7H,1-3H3,(H,20,23). The molecule has 2 aromatic heterocycles. The first-order chi connectivity index (χ1) is 10.9. The number of nitrogens with zero attached hydrogens (tertiary/aromatic N) is 3. The molecule has 0 radical (unpaired) electrons. The Morgan fingerprint density at radius 3 is 2.74 bits per heavy atom. The molecule has 0 bridgehead atoms. The van der Waals surface area contributed by atoms with E-state index in [-0.39, 0.29) is 10.9 Å². The summed E-state index contributed by atoms with van der Waals surface area (Å²) in [6.45, 7) is 3.64. The molecule has 7 heteroatoms. The summed E-state index contributed by atoms with van der Waals surface area (Å²) in [5.74, 6) is -0.853. The summed E-state index contributed by atoms with van der Waals surface area (Å²) in [4.78, 5) is 17.0. The molecule has 0 aliphatic carbocycles. The molecule has 0 unspecified atom stereocenters. The number of aromatic nitrogens is 3. The molecular formula is C16H14ClFN4O. The Labute approximate surface area is 137 Å². The molecule has 0 saturated heterocycles. The monoisotopic (exact) mass is 332 g/mol. The molecule has 2 heterocycles. The minimum Gasteiger partial charge on any atom is -0.322 e. The molecule has 118 valence electrons. The number of hydrogen-bond acceptors (Lipinski definition) is 3. The molecular weight excluding hydrogens is 319 g/mol. The zero-order valence-electron chi connectivity index (χ0n) is 12.8. The van der Waals surface area contributed by atoms with E-state index in [2.05, 4.69) is 15.4 Å². The van der Waals surface area contributed by atoms with Crippen LogP contribution in [0.4, 0.5) is 10.1 Å². The molecule has 1 amide bonds. The van der Waals surface area contributed by atoms with Gasteiger partial charge in [0.2, 0.25) is 0 Å². The number of amides is 1. The first kappa shape index (κ1) is 15.4. The molecule has 0 fully saturated rings. The summed E-state index contributed by atoms with van der Waals surface area (Å²) in [7, 11) is 1.78. The van der Waals surface area contributed by atoms with Crippen LogP contribution in [0.5, 0.6) is 0 Å². The quantitative estimate of drug-likeness (QED) is 0.779. The Hall–Kier alpha value is -2.47. The molecule has 0 saturated carbocycles. The lowest BCUT2D eigenvalue weighted by molar-refractivity contribution is 0.102. The van der Waals surface area contributed by atoms with Gasteiger partial charge in [-0.2, -0.15) is 5.10 Å². The van der Waals surface area contributed by atoms with E-state index < -0.39 is 5.82 Å². The average molecular weight is 333 g/mol. The van der Waals surface area contributed by atoms with Crippen LogP contribution in [-0.4, -0.2) is 20.7 Å². The van der Waals surface area contributed by atoms with Crippen LogP contribution >= 0.6 is 11.6 Å². The van der Waals surface area contributed by atoms with Crippen LogP contribution in [0.2, 0.25) is 5.02 Å². The molecule has 3 aromatic rings. The van der Waals surface area contributed by atoms with Crippen molar-refractivity contribution in [1.82, 2.24) is 14.8 Å². The number of rotatable bonds is 2. The Morgan fingerprint density at radius 1 is 1.30 bits per heavy atom. The van der Waals surface area contributed by atoms with Crippen LogP contribution in [0.15, 0.2) is 24.3 Å². The number of halogens is 2. The summed E-state index contributed by atoms with van der Waals surface area (Å²) in [5, 5.41) is 7.69. The molecule has 0 spiro atoms. The number of carbonyl (C=O) groups is 1. The number of pyridine rings is 1. The second-order valence-electron chi connectivity index (χ2n) is 5.30. The number of benzene rings is 1. The fourth-order valence-electron chi connectivity index (χ4n) is 2.52.